The average Bonchev–Trinajstić information content (AvgIpc) is 2.63. The standard InChI is InChI=1S/C18H19N5O2/c19-14-6-7-15(12-4-2-1-3-11(12)14)25-16-9-10-22-18(20)13(16)5-8-17(24)23-21/h1-4,6-7,9-10H,5,8,19,21H2,(H2,20,22)(H,23,24). The normalized spacial score (nSPS) is 10.6. The van der Waals surface area contributed by atoms with Gasteiger partial charge in [0.05, 0.1) is 0 Å². The maximum Gasteiger partial charge on any atom is 0.234 e. The van der Waals surface area contributed by atoms with E-state index in [0.717, 1.165) is 10.8 Å². The molecule has 0 unspecified atom stereocenters. The van der Waals surface area contributed by atoms with E-state index < -0.39 is 0 Å². The van der Waals surface area contributed by atoms with Crippen molar-refractivity contribution in [1.29, 1.82) is 0 Å². The first-order valence-corrected chi connectivity index (χ1v) is 7.78. The lowest BCUT2D eigenvalue weighted by molar-refractivity contribution is -0.121. The van der Waals surface area contributed by atoms with Gasteiger partial charge >= 0.3 is 0 Å². The molecule has 0 atom stereocenters. The van der Waals surface area contributed by atoms with Gasteiger partial charge in [-0.1, -0.05) is 24.3 Å². The van der Waals surface area contributed by atoms with E-state index in [4.69, 9.17) is 22.0 Å². The highest BCUT2D eigenvalue weighted by Gasteiger charge is 2.13. The van der Waals surface area contributed by atoms with Gasteiger partial charge in [0.1, 0.15) is 17.3 Å². The zero-order valence-electron chi connectivity index (χ0n) is 13.5. The molecule has 0 saturated heterocycles. The molecule has 0 aliphatic carbocycles. The molecule has 7 nitrogen and oxygen atoms in total. The lowest BCUT2D eigenvalue weighted by atomic mass is 10.1. The number of hydrazine groups is 1. The van der Waals surface area contributed by atoms with Gasteiger partial charge in [-0.15, -0.1) is 0 Å². The van der Waals surface area contributed by atoms with E-state index in [1.165, 1.54) is 0 Å². The van der Waals surface area contributed by atoms with Gasteiger partial charge in [-0.3, -0.25) is 10.2 Å². The van der Waals surface area contributed by atoms with E-state index >= 15 is 0 Å². The number of nitrogens with zero attached hydrogens (tertiary/aromatic N) is 1. The molecule has 7 N–H and O–H groups in total. The smallest absolute Gasteiger partial charge is 0.234 e. The van der Waals surface area contributed by atoms with E-state index in [0.29, 0.717) is 35.0 Å². The number of anilines is 2. The summed E-state index contributed by atoms with van der Waals surface area (Å²) in [7, 11) is 0. The fourth-order valence-electron chi connectivity index (χ4n) is 2.65. The second kappa shape index (κ2) is 7.06. The van der Waals surface area contributed by atoms with Gasteiger partial charge in [0.2, 0.25) is 5.91 Å². The number of ether oxygens (including phenoxy) is 1. The molecule has 128 valence electrons. The van der Waals surface area contributed by atoms with Gasteiger partial charge in [-0.25, -0.2) is 10.8 Å². The van der Waals surface area contributed by atoms with Gasteiger partial charge in [0, 0.05) is 34.6 Å². The Morgan fingerprint density at radius 3 is 2.56 bits per heavy atom. The lowest BCUT2D eigenvalue weighted by Crippen LogP contribution is -2.30. The highest BCUT2D eigenvalue weighted by molar-refractivity contribution is 5.97. The maximum absolute atomic E-state index is 11.4. The molecule has 0 bridgehead atoms. The fourth-order valence-corrected chi connectivity index (χ4v) is 2.65. The van der Waals surface area contributed by atoms with Crippen LogP contribution in [0.25, 0.3) is 10.8 Å². The third kappa shape index (κ3) is 3.46. The number of pyridine rings is 1. The molecular weight excluding hydrogens is 318 g/mol. The Labute approximate surface area is 144 Å². The van der Waals surface area contributed by atoms with Crippen LogP contribution in [0, 0.1) is 0 Å². The predicted molar refractivity (Wildman–Crippen MR) is 97.7 cm³/mol. The summed E-state index contributed by atoms with van der Waals surface area (Å²) >= 11 is 0. The molecule has 0 spiro atoms. The number of fused-ring (bicyclic) bond motifs is 1. The van der Waals surface area contributed by atoms with Gasteiger partial charge < -0.3 is 16.2 Å². The van der Waals surface area contributed by atoms with Crippen molar-refractivity contribution in [2.45, 2.75) is 12.8 Å². The van der Waals surface area contributed by atoms with Crippen molar-refractivity contribution in [3.8, 4) is 11.5 Å². The molecule has 3 aromatic rings. The van der Waals surface area contributed by atoms with Crippen LogP contribution in [0.1, 0.15) is 12.0 Å². The van der Waals surface area contributed by atoms with Crippen LogP contribution < -0.4 is 27.5 Å². The van der Waals surface area contributed by atoms with Crippen molar-refractivity contribution < 1.29 is 9.53 Å². The predicted octanol–water partition coefficient (Wildman–Crippen LogP) is 2.11. The molecule has 1 amide bonds. The molecule has 3 rings (SSSR count). The number of nitrogens with two attached hydrogens (primary N) is 3. The molecule has 0 aliphatic heterocycles. The quantitative estimate of drug-likeness (QED) is 0.244. The van der Waals surface area contributed by atoms with E-state index in [1.807, 2.05) is 30.3 Å². The molecule has 0 fully saturated rings. The van der Waals surface area contributed by atoms with Crippen molar-refractivity contribution in [2.75, 3.05) is 11.5 Å². The molecule has 25 heavy (non-hydrogen) atoms. The fraction of sp³-hybridized carbons (Fsp3) is 0.111. The first-order chi connectivity index (χ1) is 12.1. The van der Waals surface area contributed by atoms with Crippen LogP contribution in [0.5, 0.6) is 11.5 Å². The van der Waals surface area contributed by atoms with E-state index in [-0.39, 0.29) is 12.3 Å². The van der Waals surface area contributed by atoms with Crippen molar-refractivity contribution in [2.24, 2.45) is 5.84 Å². The first-order valence-electron chi connectivity index (χ1n) is 7.78. The third-order valence-corrected chi connectivity index (χ3v) is 3.95. The molecule has 2 aromatic carbocycles. The second-order valence-electron chi connectivity index (χ2n) is 5.54. The number of hydrogen-bond acceptors (Lipinski definition) is 6. The molecular formula is C18H19N5O2. The van der Waals surface area contributed by atoms with Crippen LogP contribution in [0.2, 0.25) is 0 Å². The van der Waals surface area contributed by atoms with Gasteiger partial charge in [-0.2, -0.15) is 0 Å². The number of nitrogens with one attached hydrogen (secondary N) is 1. The van der Waals surface area contributed by atoms with Gasteiger partial charge in [-0.05, 0) is 24.6 Å². The summed E-state index contributed by atoms with van der Waals surface area (Å²) in [6, 6.07) is 13.0. The number of hydrogen-bond donors (Lipinski definition) is 4. The van der Waals surface area contributed by atoms with Crippen LogP contribution in [0.4, 0.5) is 11.5 Å². The highest BCUT2D eigenvalue weighted by atomic mass is 16.5. The van der Waals surface area contributed by atoms with Crippen LogP contribution in [-0.2, 0) is 11.2 Å². The topological polar surface area (TPSA) is 129 Å². The van der Waals surface area contributed by atoms with Gasteiger partial charge in [0.25, 0.3) is 0 Å². The summed E-state index contributed by atoms with van der Waals surface area (Å²) in [4.78, 5) is 15.5. The highest BCUT2D eigenvalue weighted by Crippen LogP contribution is 2.35. The number of amides is 1. The SMILES string of the molecule is NNC(=O)CCc1c(Oc2ccc(N)c3ccccc23)ccnc1N. The minimum absolute atomic E-state index is 0.186. The molecule has 7 heteroatoms. The summed E-state index contributed by atoms with van der Waals surface area (Å²) in [5.41, 5.74) is 15.4. The van der Waals surface area contributed by atoms with Crippen molar-refractivity contribution in [3.63, 3.8) is 0 Å². The number of aromatic nitrogens is 1. The number of nitrogen functional groups attached to an aromatic ring is 2. The second-order valence-corrected chi connectivity index (χ2v) is 5.54. The van der Waals surface area contributed by atoms with E-state index in [9.17, 15) is 4.79 Å². The Bertz CT molecular complexity index is 926. The third-order valence-electron chi connectivity index (χ3n) is 3.95. The minimum Gasteiger partial charge on any atom is -0.456 e. The van der Waals surface area contributed by atoms with Crippen LogP contribution >= 0.6 is 0 Å². The van der Waals surface area contributed by atoms with Crippen molar-refractivity contribution >= 4 is 28.2 Å². The maximum atomic E-state index is 11.4. The van der Waals surface area contributed by atoms with E-state index in [1.54, 1.807) is 18.3 Å². The molecule has 0 radical (unpaired) electrons. The Morgan fingerprint density at radius 1 is 1.04 bits per heavy atom. The van der Waals surface area contributed by atoms with Crippen molar-refractivity contribution in [3.05, 3.63) is 54.2 Å². The average molecular weight is 337 g/mol. The zero-order chi connectivity index (χ0) is 17.8. The number of benzene rings is 2. The summed E-state index contributed by atoms with van der Waals surface area (Å²) in [6.07, 6.45) is 2.12. The summed E-state index contributed by atoms with van der Waals surface area (Å²) in [5, 5.41) is 1.80. The number of carbonyl (C=O) groups excluding carboxylic acids is 1. The Morgan fingerprint density at radius 2 is 1.80 bits per heavy atom. The van der Waals surface area contributed by atoms with E-state index in [2.05, 4.69) is 10.4 Å². The monoisotopic (exact) mass is 337 g/mol. The summed E-state index contributed by atoms with van der Waals surface area (Å²) in [5.74, 6) is 6.36. The molecule has 1 heterocycles. The number of carbonyl (C=O) groups is 1. The van der Waals surface area contributed by atoms with Gasteiger partial charge in [0.15, 0.2) is 0 Å². The Kier molecular flexibility index (Phi) is 4.67. The lowest BCUT2D eigenvalue weighted by Gasteiger charge is -2.14. The number of rotatable bonds is 5. The Hall–Kier alpha value is -3.32. The van der Waals surface area contributed by atoms with Crippen LogP contribution in [0.3, 0.4) is 0 Å². The van der Waals surface area contributed by atoms with Crippen LogP contribution in [0.15, 0.2) is 48.7 Å². The summed E-state index contributed by atoms with van der Waals surface area (Å²) < 4.78 is 6.09. The van der Waals surface area contributed by atoms with Crippen molar-refractivity contribution in [1.82, 2.24) is 10.4 Å². The summed E-state index contributed by atoms with van der Waals surface area (Å²) in [6.45, 7) is 0. The molecule has 0 aliphatic rings. The largest absolute Gasteiger partial charge is 0.456 e. The Balaban J connectivity index is 1.97. The molecule has 1 aromatic heterocycles. The first kappa shape index (κ1) is 16.5. The molecule has 0 saturated carbocycles. The minimum atomic E-state index is -0.285. The van der Waals surface area contributed by atoms with Crippen LogP contribution in [-0.4, -0.2) is 10.9 Å². The zero-order valence-corrected chi connectivity index (χ0v) is 13.5.